The van der Waals surface area contributed by atoms with E-state index >= 15 is 0 Å². The van der Waals surface area contributed by atoms with E-state index in [0.29, 0.717) is 0 Å². The Morgan fingerprint density at radius 1 is 0.933 bits per heavy atom. The van der Waals surface area contributed by atoms with Gasteiger partial charge in [-0.2, -0.15) is 0 Å². The first-order valence-corrected chi connectivity index (χ1v) is 5.00. The zero-order valence-corrected chi connectivity index (χ0v) is 8.83. The largest absolute Gasteiger partial charge is 0.0955 e. The van der Waals surface area contributed by atoms with Crippen LogP contribution in [0.2, 0.25) is 0 Å². The molecule has 0 bridgehead atoms. The molecular weight excluding hydrogens is 180 g/mol. The summed E-state index contributed by atoms with van der Waals surface area (Å²) in [7, 11) is 0. The minimum Gasteiger partial charge on any atom is -0.0955 e. The Kier molecular flexibility index (Phi) is 2.68. The lowest BCUT2D eigenvalue weighted by atomic mass is 10.0. The maximum absolute atomic E-state index is 3.92. The molecule has 2 aromatic carbocycles. The highest BCUT2D eigenvalue weighted by Gasteiger charge is 1.97. The second kappa shape index (κ2) is 4.14. The molecule has 0 spiro atoms. The van der Waals surface area contributed by atoms with E-state index in [2.05, 4.69) is 49.0 Å². The molecule has 0 aliphatic rings. The highest BCUT2D eigenvalue weighted by atomic mass is 14.0. The third kappa shape index (κ3) is 2.16. The van der Waals surface area contributed by atoms with Gasteiger partial charge in [0, 0.05) is 0 Å². The Morgan fingerprint density at radius 2 is 1.47 bits per heavy atom. The van der Waals surface area contributed by atoms with Gasteiger partial charge in [0.1, 0.15) is 0 Å². The summed E-state index contributed by atoms with van der Waals surface area (Å²) < 4.78 is 0. The van der Waals surface area contributed by atoms with Crippen LogP contribution >= 0.6 is 0 Å². The Bertz CT molecular complexity index is 449. The monoisotopic (exact) mass is 193 g/mol. The molecule has 15 heavy (non-hydrogen) atoms. The van der Waals surface area contributed by atoms with Gasteiger partial charge >= 0.3 is 0 Å². The van der Waals surface area contributed by atoms with Crippen molar-refractivity contribution in [3.8, 4) is 11.1 Å². The molecule has 0 aliphatic carbocycles. The molecule has 2 aromatic rings. The summed E-state index contributed by atoms with van der Waals surface area (Å²) >= 11 is 0. The predicted octanol–water partition coefficient (Wildman–Crippen LogP) is 4.19. The number of hydrogen-bond donors (Lipinski definition) is 0. The van der Waals surface area contributed by atoms with Gasteiger partial charge in [0.15, 0.2) is 0 Å². The van der Waals surface area contributed by atoms with Gasteiger partial charge in [-0.3, -0.25) is 0 Å². The summed E-state index contributed by atoms with van der Waals surface area (Å²) in [5, 5.41) is 0. The number of benzene rings is 2. The SMILES string of the molecule is C=C(C)c1ccc(-c2cc[c]cc2)cc1. The average molecular weight is 193 g/mol. The van der Waals surface area contributed by atoms with Crippen LogP contribution in [0, 0.1) is 6.07 Å². The average Bonchev–Trinajstić information content (AvgIpc) is 2.30. The predicted molar refractivity (Wildman–Crippen MR) is 65.4 cm³/mol. The Labute approximate surface area is 90.9 Å². The first-order chi connectivity index (χ1) is 7.27. The lowest BCUT2D eigenvalue weighted by Gasteiger charge is -2.03. The molecule has 73 valence electrons. The van der Waals surface area contributed by atoms with Gasteiger partial charge in [0.2, 0.25) is 0 Å². The highest BCUT2D eigenvalue weighted by molar-refractivity contribution is 5.68. The lowest BCUT2D eigenvalue weighted by Crippen LogP contribution is -1.80. The summed E-state index contributed by atoms with van der Waals surface area (Å²) in [6, 6.07) is 19.5. The van der Waals surface area contributed by atoms with Gasteiger partial charge < -0.3 is 0 Å². The fraction of sp³-hybridized carbons (Fsp3) is 0.0667. The summed E-state index contributed by atoms with van der Waals surface area (Å²) in [5.41, 5.74) is 4.75. The Balaban J connectivity index is 2.36. The lowest BCUT2D eigenvalue weighted by molar-refractivity contribution is 1.56. The van der Waals surface area contributed by atoms with Crippen LogP contribution < -0.4 is 0 Å². The quantitative estimate of drug-likeness (QED) is 0.671. The van der Waals surface area contributed by atoms with E-state index in [9.17, 15) is 0 Å². The van der Waals surface area contributed by atoms with Gasteiger partial charge in [-0.25, -0.2) is 0 Å². The van der Waals surface area contributed by atoms with E-state index in [0.717, 1.165) is 5.57 Å². The zero-order chi connectivity index (χ0) is 10.7. The molecule has 0 atom stereocenters. The summed E-state index contributed by atoms with van der Waals surface area (Å²) in [6.45, 7) is 5.94. The molecule has 0 unspecified atom stereocenters. The molecule has 0 fully saturated rings. The van der Waals surface area contributed by atoms with Crippen molar-refractivity contribution in [2.45, 2.75) is 6.92 Å². The zero-order valence-electron chi connectivity index (χ0n) is 8.83. The Hall–Kier alpha value is -1.82. The van der Waals surface area contributed by atoms with Crippen molar-refractivity contribution < 1.29 is 0 Å². The van der Waals surface area contributed by atoms with E-state index in [1.54, 1.807) is 0 Å². The van der Waals surface area contributed by atoms with Crippen LogP contribution in [0.25, 0.3) is 16.7 Å². The smallest absolute Gasteiger partial charge is 0.0184 e. The molecule has 0 amide bonds. The van der Waals surface area contributed by atoms with E-state index in [4.69, 9.17) is 0 Å². The van der Waals surface area contributed by atoms with Crippen molar-refractivity contribution in [3.05, 3.63) is 66.7 Å². The van der Waals surface area contributed by atoms with Gasteiger partial charge in [-0.1, -0.05) is 60.7 Å². The van der Waals surface area contributed by atoms with E-state index in [-0.39, 0.29) is 0 Å². The van der Waals surface area contributed by atoms with Crippen LogP contribution in [0.3, 0.4) is 0 Å². The van der Waals surface area contributed by atoms with E-state index in [1.807, 2.05) is 19.1 Å². The molecule has 0 N–H and O–H groups in total. The molecule has 2 rings (SSSR count). The molecule has 0 saturated carbocycles. The van der Waals surface area contributed by atoms with Crippen molar-refractivity contribution in [3.63, 3.8) is 0 Å². The van der Waals surface area contributed by atoms with Crippen LogP contribution in [-0.2, 0) is 0 Å². The van der Waals surface area contributed by atoms with Crippen molar-refractivity contribution in [1.82, 2.24) is 0 Å². The van der Waals surface area contributed by atoms with Crippen LogP contribution in [0.15, 0.2) is 55.1 Å². The maximum Gasteiger partial charge on any atom is -0.0184 e. The Morgan fingerprint density at radius 3 is 2.00 bits per heavy atom. The minimum absolute atomic E-state index is 1.10. The second-order valence-electron chi connectivity index (χ2n) is 3.65. The summed E-state index contributed by atoms with van der Waals surface area (Å²) in [5.74, 6) is 0. The third-order valence-electron chi connectivity index (χ3n) is 2.43. The first-order valence-electron chi connectivity index (χ1n) is 5.00. The van der Waals surface area contributed by atoms with Crippen LogP contribution in [-0.4, -0.2) is 0 Å². The van der Waals surface area contributed by atoms with Gasteiger partial charge in [0.25, 0.3) is 0 Å². The van der Waals surface area contributed by atoms with Crippen LogP contribution in [0.1, 0.15) is 12.5 Å². The molecule has 0 aromatic heterocycles. The van der Waals surface area contributed by atoms with Crippen LogP contribution in [0.5, 0.6) is 0 Å². The van der Waals surface area contributed by atoms with Crippen LogP contribution in [0.4, 0.5) is 0 Å². The first kappa shape index (κ1) is 9.72. The molecule has 0 heterocycles. The molecule has 0 heteroatoms. The molecular formula is C15H13. The number of hydrogen-bond acceptors (Lipinski definition) is 0. The van der Waals surface area contributed by atoms with E-state index in [1.165, 1.54) is 16.7 Å². The van der Waals surface area contributed by atoms with Crippen molar-refractivity contribution in [2.24, 2.45) is 0 Å². The third-order valence-corrected chi connectivity index (χ3v) is 2.43. The van der Waals surface area contributed by atoms with Crippen molar-refractivity contribution in [1.29, 1.82) is 0 Å². The minimum atomic E-state index is 1.10. The second-order valence-corrected chi connectivity index (χ2v) is 3.65. The standard InChI is InChI=1S/C15H13/c1-12(2)13-8-10-15(11-9-13)14-6-4-3-5-7-14/h4-11H,1H2,2H3. The van der Waals surface area contributed by atoms with E-state index < -0.39 is 0 Å². The summed E-state index contributed by atoms with van der Waals surface area (Å²) in [6.07, 6.45) is 0. The fourth-order valence-corrected chi connectivity index (χ4v) is 1.53. The van der Waals surface area contributed by atoms with Gasteiger partial charge in [-0.05, 0) is 29.7 Å². The van der Waals surface area contributed by atoms with Crippen molar-refractivity contribution >= 4 is 5.57 Å². The molecule has 0 nitrogen and oxygen atoms in total. The van der Waals surface area contributed by atoms with Gasteiger partial charge in [0.05, 0.1) is 0 Å². The molecule has 0 aliphatic heterocycles. The fourth-order valence-electron chi connectivity index (χ4n) is 1.53. The normalized spacial score (nSPS) is 9.93. The van der Waals surface area contributed by atoms with Crippen molar-refractivity contribution in [2.75, 3.05) is 0 Å². The molecule has 0 saturated heterocycles. The molecule has 1 radical (unpaired) electrons. The number of allylic oxidation sites excluding steroid dienone is 1. The topological polar surface area (TPSA) is 0 Å². The number of rotatable bonds is 2. The summed E-state index contributed by atoms with van der Waals surface area (Å²) in [4.78, 5) is 0. The van der Waals surface area contributed by atoms with Gasteiger partial charge in [-0.15, -0.1) is 0 Å². The highest BCUT2D eigenvalue weighted by Crippen LogP contribution is 2.21. The maximum atomic E-state index is 3.92.